The van der Waals surface area contributed by atoms with Crippen LogP contribution < -0.4 is 10.0 Å². The van der Waals surface area contributed by atoms with Gasteiger partial charge in [-0.2, -0.15) is 0 Å². The van der Waals surface area contributed by atoms with Crippen molar-refractivity contribution in [1.82, 2.24) is 10.0 Å². The minimum atomic E-state index is -3.40. The Hall–Kier alpha value is -0.430. The van der Waals surface area contributed by atoms with Crippen LogP contribution in [0.4, 0.5) is 0 Å². The van der Waals surface area contributed by atoms with Crippen LogP contribution in [0.15, 0.2) is 16.3 Å². The molecule has 1 saturated carbocycles. The number of hydrogen-bond acceptors (Lipinski definition) is 4. The zero-order valence-electron chi connectivity index (χ0n) is 11.7. The third-order valence-electron chi connectivity index (χ3n) is 3.89. The van der Waals surface area contributed by atoms with Gasteiger partial charge in [-0.05, 0) is 36.8 Å². The third kappa shape index (κ3) is 3.18. The van der Waals surface area contributed by atoms with Crippen LogP contribution in [-0.4, -0.2) is 21.5 Å². The van der Waals surface area contributed by atoms with Gasteiger partial charge < -0.3 is 5.32 Å². The summed E-state index contributed by atoms with van der Waals surface area (Å²) in [5.41, 5.74) is 0.0479. The van der Waals surface area contributed by atoms with Gasteiger partial charge in [0, 0.05) is 17.5 Å². The molecule has 2 rings (SSSR count). The summed E-state index contributed by atoms with van der Waals surface area (Å²) in [5.74, 6) is 0. The molecule has 1 aliphatic carbocycles. The lowest BCUT2D eigenvalue weighted by atomic mass is 9.88. The highest BCUT2D eigenvalue weighted by Crippen LogP contribution is 2.38. The fourth-order valence-corrected chi connectivity index (χ4v) is 5.55. The van der Waals surface area contributed by atoms with Gasteiger partial charge in [0.2, 0.25) is 10.0 Å². The fraction of sp³-hybridized carbons (Fsp3) is 0.692. The molecule has 0 bridgehead atoms. The second-order valence-corrected chi connectivity index (χ2v) is 8.48. The Morgan fingerprint density at radius 3 is 2.79 bits per heavy atom. The molecule has 6 heteroatoms. The van der Waals surface area contributed by atoms with Crippen LogP contribution in [0.5, 0.6) is 0 Å². The van der Waals surface area contributed by atoms with Crippen molar-refractivity contribution >= 4 is 21.4 Å². The van der Waals surface area contributed by atoms with Crippen molar-refractivity contribution in [3.05, 3.63) is 16.3 Å². The van der Waals surface area contributed by atoms with Crippen LogP contribution in [0.1, 0.15) is 38.0 Å². The summed E-state index contributed by atoms with van der Waals surface area (Å²) in [7, 11) is -1.58. The van der Waals surface area contributed by atoms with Gasteiger partial charge in [0.1, 0.15) is 0 Å². The van der Waals surface area contributed by atoms with Crippen molar-refractivity contribution in [2.45, 2.75) is 50.6 Å². The largest absolute Gasteiger partial charge is 0.315 e. The maximum Gasteiger partial charge on any atom is 0.241 e. The Balaban J connectivity index is 2.21. The first-order valence-electron chi connectivity index (χ1n) is 6.60. The highest BCUT2D eigenvalue weighted by atomic mass is 32.2. The van der Waals surface area contributed by atoms with Crippen molar-refractivity contribution < 1.29 is 8.42 Å². The zero-order chi connectivity index (χ0) is 14.1. The molecule has 4 nitrogen and oxygen atoms in total. The number of hydrogen-bond donors (Lipinski definition) is 2. The van der Waals surface area contributed by atoms with Gasteiger partial charge in [0.25, 0.3) is 0 Å². The predicted octanol–water partition coefficient (Wildman–Crippen LogP) is 2.32. The molecule has 1 heterocycles. The molecule has 19 heavy (non-hydrogen) atoms. The predicted molar refractivity (Wildman–Crippen MR) is 78.8 cm³/mol. The molecule has 0 aliphatic heterocycles. The first-order chi connectivity index (χ1) is 8.87. The van der Waals surface area contributed by atoms with Crippen molar-refractivity contribution in [3.8, 4) is 0 Å². The Labute approximate surface area is 119 Å². The van der Waals surface area contributed by atoms with Crippen molar-refractivity contribution in [1.29, 1.82) is 0 Å². The van der Waals surface area contributed by atoms with E-state index in [1.807, 2.05) is 12.4 Å². The van der Waals surface area contributed by atoms with Crippen LogP contribution in [0, 0.1) is 5.41 Å². The summed E-state index contributed by atoms with van der Waals surface area (Å²) in [5, 5.41) is 4.85. The summed E-state index contributed by atoms with van der Waals surface area (Å²) in [4.78, 5) is 1.29. The summed E-state index contributed by atoms with van der Waals surface area (Å²) >= 11 is 1.48. The third-order valence-corrected chi connectivity index (χ3v) is 6.49. The molecule has 1 aliphatic rings. The Bertz CT molecular complexity index is 535. The molecule has 2 N–H and O–H groups in total. The number of nitrogens with one attached hydrogen (secondary N) is 2. The lowest BCUT2D eigenvalue weighted by Crippen LogP contribution is -2.41. The summed E-state index contributed by atoms with van der Waals surface area (Å²) in [6.45, 7) is 4.85. The minimum absolute atomic E-state index is 0.0415. The van der Waals surface area contributed by atoms with E-state index in [1.165, 1.54) is 11.3 Å². The van der Waals surface area contributed by atoms with Gasteiger partial charge >= 0.3 is 0 Å². The normalized spacial score (nSPS) is 22.8. The SMILES string of the molecule is CNCc1sccc1S(=O)(=O)NC1CCCC1(C)C. The van der Waals surface area contributed by atoms with Crippen LogP contribution in [-0.2, 0) is 16.6 Å². The van der Waals surface area contributed by atoms with Crippen LogP contribution in [0.3, 0.4) is 0 Å². The van der Waals surface area contributed by atoms with E-state index in [2.05, 4.69) is 23.9 Å². The van der Waals surface area contributed by atoms with Gasteiger partial charge in [-0.1, -0.05) is 20.3 Å². The highest BCUT2D eigenvalue weighted by Gasteiger charge is 2.37. The number of rotatable bonds is 5. The summed E-state index contributed by atoms with van der Waals surface area (Å²) in [6, 6.07) is 1.74. The first kappa shape index (κ1) is 15.0. The van der Waals surface area contributed by atoms with E-state index in [-0.39, 0.29) is 11.5 Å². The molecule has 0 amide bonds. The van der Waals surface area contributed by atoms with E-state index < -0.39 is 10.0 Å². The van der Waals surface area contributed by atoms with E-state index in [9.17, 15) is 8.42 Å². The molecular formula is C13H22N2O2S2. The topological polar surface area (TPSA) is 58.2 Å². The lowest BCUT2D eigenvalue weighted by Gasteiger charge is -2.27. The quantitative estimate of drug-likeness (QED) is 0.877. The van der Waals surface area contributed by atoms with E-state index in [1.54, 1.807) is 6.07 Å². The van der Waals surface area contributed by atoms with Crippen molar-refractivity contribution in [3.63, 3.8) is 0 Å². The summed E-state index contributed by atoms with van der Waals surface area (Å²) < 4.78 is 27.9. The summed E-state index contributed by atoms with van der Waals surface area (Å²) in [6.07, 6.45) is 3.10. The van der Waals surface area contributed by atoms with Gasteiger partial charge in [0.05, 0.1) is 4.90 Å². The highest BCUT2D eigenvalue weighted by molar-refractivity contribution is 7.89. The lowest BCUT2D eigenvalue weighted by molar-refractivity contribution is 0.313. The molecule has 1 aromatic heterocycles. The van der Waals surface area contributed by atoms with Gasteiger partial charge in [0.15, 0.2) is 0 Å². The Kier molecular flexibility index (Phi) is 4.35. The molecule has 1 unspecified atom stereocenters. The smallest absolute Gasteiger partial charge is 0.241 e. The monoisotopic (exact) mass is 302 g/mol. The molecule has 1 atom stereocenters. The maximum atomic E-state index is 12.5. The van der Waals surface area contributed by atoms with E-state index in [0.29, 0.717) is 11.4 Å². The second-order valence-electron chi connectivity index (χ2n) is 5.79. The second kappa shape index (κ2) is 5.52. The molecule has 1 fully saturated rings. The minimum Gasteiger partial charge on any atom is -0.315 e. The van der Waals surface area contributed by atoms with E-state index >= 15 is 0 Å². The fourth-order valence-electron chi connectivity index (χ4n) is 2.65. The molecule has 108 valence electrons. The average Bonchev–Trinajstić information content (AvgIpc) is 2.87. The Morgan fingerprint density at radius 1 is 1.47 bits per heavy atom. The van der Waals surface area contributed by atoms with Crippen LogP contribution in [0.2, 0.25) is 0 Å². The van der Waals surface area contributed by atoms with Gasteiger partial charge in [-0.15, -0.1) is 11.3 Å². The van der Waals surface area contributed by atoms with Crippen LogP contribution >= 0.6 is 11.3 Å². The van der Waals surface area contributed by atoms with Crippen molar-refractivity contribution in [2.75, 3.05) is 7.05 Å². The zero-order valence-corrected chi connectivity index (χ0v) is 13.3. The number of thiophene rings is 1. The maximum absolute atomic E-state index is 12.5. The van der Waals surface area contributed by atoms with E-state index in [0.717, 1.165) is 24.1 Å². The standard InChI is InChI=1S/C13H22N2O2S2/c1-13(2)7-4-5-12(13)15-19(16,17)11-6-8-18-10(11)9-14-3/h6,8,12,14-15H,4-5,7,9H2,1-3H3. The molecule has 0 spiro atoms. The van der Waals surface area contributed by atoms with Gasteiger partial charge in [-0.25, -0.2) is 13.1 Å². The van der Waals surface area contributed by atoms with Gasteiger partial charge in [-0.3, -0.25) is 0 Å². The Morgan fingerprint density at radius 2 is 2.21 bits per heavy atom. The first-order valence-corrected chi connectivity index (χ1v) is 8.96. The molecule has 0 radical (unpaired) electrons. The molecule has 0 saturated heterocycles. The molecular weight excluding hydrogens is 280 g/mol. The molecule has 1 aromatic rings. The molecule has 0 aromatic carbocycles. The van der Waals surface area contributed by atoms with Crippen molar-refractivity contribution in [2.24, 2.45) is 5.41 Å². The van der Waals surface area contributed by atoms with E-state index in [4.69, 9.17) is 0 Å². The van der Waals surface area contributed by atoms with Crippen LogP contribution in [0.25, 0.3) is 0 Å². The average molecular weight is 302 g/mol. The number of sulfonamides is 1.